The first-order chi connectivity index (χ1) is 12.5. The first kappa shape index (κ1) is 16.2. The van der Waals surface area contributed by atoms with Crippen LogP contribution in [0.3, 0.4) is 0 Å². The topological polar surface area (TPSA) is 45.2 Å². The molecule has 2 heterocycles. The molecule has 0 saturated heterocycles. The molecule has 2 aromatic carbocycles. The van der Waals surface area contributed by atoms with Crippen LogP contribution >= 0.6 is 0 Å². The number of carbonyl (C=O) groups is 1. The maximum atomic E-state index is 14.1. The van der Waals surface area contributed by atoms with E-state index in [9.17, 15) is 13.6 Å². The van der Waals surface area contributed by atoms with E-state index in [0.29, 0.717) is 16.9 Å². The highest BCUT2D eigenvalue weighted by Gasteiger charge is 2.39. The number of aryl methyl sites for hydroxylation is 1. The predicted octanol–water partition coefficient (Wildman–Crippen LogP) is 4.44. The van der Waals surface area contributed by atoms with Crippen LogP contribution in [0.4, 0.5) is 20.2 Å². The van der Waals surface area contributed by atoms with Crippen LogP contribution < -0.4 is 10.2 Å². The van der Waals surface area contributed by atoms with Crippen molar-refractivity contribution in [1.82, 2.24) is 4.98 Å². The Hall–Kier alpha value is -3.28. The Morgan fingerprint density at radius 2 is 1.85 bits per heavy atom. The number of carbonyl (C=O) groups excluding carboxylic acids is 1. The lowest BCUT2D eigenvalue weighted by Gasteiger charge is -2.26. The minimum Gasteiger partial charge on any atom is -0.357 e. The molecule has 1 atom stereocenters. The van der Waals surface area contributed by atoms with Crippen molar-refractivity contribution in [3.63, 3.8) is 0 Å². The summed E-state index contributed by atoms with van der Waals surface area (Å²) in [5.41, 5.74) is 2.58. The number of amides is 1. The highest BCUT2D eigenvalue weighted by atomic mass is 19.1. The lowest BCUT2D eigenvalue weighted by molar-refractivity contribution is 0.0993. The summed E-state index contributed by atoms with van der Waals surface area (Å²) < 4.78 is 27.7. The number of hydrogen-bond acceptors (Lipinski definition) is 3. The van der Waals surface area contributed by atoms with E-state index in [1.165, 1.54) is 4.90 Å². The summed E-state index contributed by atoms with van der Waals surface area (Å²) in [6, 6.07) is 13.9. The Morgan fingerprint density at radius 3 is 2.62 bits per heavy atom. The molecular weight excluding hydrogens is 336 g/mol. The number of anilines is 2. The van der Waals surface area contributed by atoms with Gasteiger partial charge in [0.25, 0.3) is 5.91 Å². The molecule has 1 aliphatic heterocycles. The number of benzene rings is 2. The second-order valence-electron chi connectivity index (χ2n) is 6.12. The molecule has 0 spiro atoms. The zero-order chi connectivity index (χ0) is 18.3. The smallest absolute Gasteiger partial charge is 0.262 e. The predicted molar refractivity (Wildman–Crippen MR) is 94.9 cm³/mol. The Labute approximate surface area is 149 Å². The van der Waals surface area contributed by atoms with Gasteiger partial charge in [0.15, 0.2) is 6.17 Å². The number of fused-ring (bicyclic) bond motifs is 1. The van der Waals surface area contributed by atoms with Crippen LogP contribution in [0.1, 0.15) is 27.8 Å². The van der Waals surface area contributed by atoms with Gasteiger partial charge in [0.2, 0.25) is 0 Å². The van der Waals surface area contributed by atoms with Gasteiger partial charge < -0.3 is 5.32 Å². The summed E-state index contributed by atoms with van der Waals surface area (Å²) in [6.45, 7) is 1.95. The largest absolute Gasteiger partial charge is 0.357 e. The number of pyridine rings is 1. The summed E-state index contributed by atoms with van der Waals surface area (Å²) >= 11 is 0. The van der Waals surface area contributed by atoms with E-state index in [1.54, 1.807) is 18.3 Å². The number of aromatic nitrogens is 1. The Bertz CT molecular complexity index is 989. The van der Waals surface area contributed by atoms with E-state index in [2.05, 4.69) is 10.3 Å². The molecule has 1 aliphatic rings. The Morgan fingerprint density at radius 1 is 1.08 bits per heavy atom. The maximum absolute atomic E-state index is 14.1. The van der Waals surface area contributed by atoms with E-state index < -0.39 is 17.8 Å². The number of hydrogen-bond donors (Lipinski definition) is 1. The van der Waals surface area contributed by atoms with Gasteiger partial charge in [0, 0.05) is 18.0 Å². The molecule has 0 radical (unpaired) electrons. The lowest BCUT2D eigenvalue weighted by atomic mass is 10.2. The fourth-order valence-electron chi connectivity index (χ4n) is 3.05. The molecule has 3 aromatic rings. The molecule has 26 heavy (non-hydrogen) atoms. The van der Waals surface area contributed by atoms with Crippen molar-refractivity contribution in [3.8, 4) is 0 Å². The molecule has 4 rings (SSSR count). The van der Waals surface area contributed by atoms with Gasteiger partial charge in [-0.1, -0.05) is 17.7 Å². The molecular formula is C20H15F2N3O. The molecule has 4 nitrogen and oxygen atoms in total. The van der Waals surface area contributed by atoms with Gasteiger partial charge in [-0.25, -0.2) is 8.78 Å². The number of rotatable bonds is 3. The molecule has 0 saturated carbocycles. The van der Waals surface area contributed by atoms with Crippen LogP contribution in [0.15, 0.2) is 60.8 Å². The molecule has 130 valence electrons. The molecule has 0 unspecified atom stereocenters. The van der Waals surface area contributed by atoms with Crippen LogP contribution in [0, 0.1) is 18.6 Å². The summed E-state index contributed by atoms with van der Waals surface area (Å²) in [6.07, 6.45) is 0.833. The number of halogens is 2. The van der Waals surface area contributed by atoms with Crippen LogP contribution in [-0.4, -0.2) is 10.9 Å². The number of nitrogens with one attached hydrogen (secondary N) is 1. The highest BCUT2D eigenvalue weighted by Crippen LogP contribution is 2.37. The molecule has 1 amide bonds. The zero-order valence-corrected chi connectivity index (χ0v) is 13.9. The SMILES string of the molecule is Cc1ccc(N2C(=O)c3cccnc3[C@@H]2Nc2cc(F)ccc2F)cc1. The Kier molecular flexibility index (Phi) is 3.88. The van der Waals surface area contributed by atoms with Crippen molar-refractivity contribution >= 4 is 17.3 Å². The summed E-state index contributed by atoms with van der Waals surface area (Å²) in [4.78, 5) is 18.7. The summed E-state index contributed by atoms with van der Waals surface area (Å²) in [5, 5.41) is 2.93. The third kappa shape index (κ3) is 2.69. The average Bonchev–Trinajstić information content (AvgIpc) is 2.92. The molecule has 0 fully saturated rings. The van der Waals surface area contributed by atoms with Crippen LogP contribution in [0.2, 0.25) is 0 Å². The van der Waals surface area contributed by atoms with E-state index in [1.807, 2.05) is 31.2 Å². The molecule has 1 aromatic heterocycles. The van der Waals surface area contributed by atoms with Crippen molar-refractivity contribution < 1.29 is 13.6 Å². The van der Waals surface area contributed by atoms with Gasteiger partial charge in [-0.15, -0.1) is 0 Å². The van der Waals surface area contributed by atoms with Crippen LogP contribution in [0.25, 0.3) is 0 Å². The minimum absolute atomic E-state index is 0.0292. The summed E-state index contributed by atoms with van der Waals surface area (Å²) in [5.74, 6) is -1.42. The monoisotopic (exact) mass is 351 g/mol. The lowest BCUT2D eigenvalue weighted by Crippen LogP contribution is -2.32. The van der Waals surface area contributed by atoms with Gasteiger partial charge in [-0.05, 0) is 43.3 Å². The van der Waals surface area contributed by atoms with Crippen LogP contribution in [0.5, 0.6) is 0 Å². The molecule has 0 bridgehead atoms. The van der Waals surface area contributed by atoms with Crippen molar-refractivity contribution in [2.45, 2.75) is 13.1 Å². The van der Waals surface area contributed by atoms with Crippen LogP contribution in [-0.2, 0) is 0 Å². The third-order valence-electron chi connectivity index (χ3n) is 4.34. The minimum atomic E-state index is -0.738. The molecule has 0 aliphatic carbocycles. The van der Waals surface area contributed by atoms with Gasteiger partial charge in [-0.3, -0.25) is 14.7 Å². The van der Waals surface area contributed by atoms with Crippen molar-refractivity contribution in [2.75, 3.05) is 10.2 Å². The molecule has 6 heteroatoms. The number of nitrogens with zero attached hydrogens (tertiary/aromatic N) is 2. The first-order valence-electron chi connectivity index (χ1n) is 8.11. The van der Waals surface area contributed by atoms with Gasteiger partial charge in [-0.2, -0.15) is 0 Å². The third-order valence-corrected chi connectivity index (χ3v) is 4.34. The van der Waals surface area contributed by atoms with E-state index in [4.69, 9.17) is 0 Å². The second kappa shape index (κ2) is 6.22. The standard InChI is InChI=1S/C20H15F2N3O/c1-12-4-7-14(8-5-12)25-19(18-15(20(25)26)3-2-10-23-18)24-17-11-13(21)6-9-16(17)22/h2-11,19,24H,1H3/t19-/m1/s1. The summed E-state index contributed by atoms with van der Waals surface area (Å²) in [7, 11) is 0. The van der Waals surface area contributed by atoms with Gasteiger partial charge in [0.05, 0.1) is 16.9 Å². The van der Waals surface area contributed by atoms with Crippen molar-refractivity contribution in [2.24, 2.45) is 0 Å². The fourth-order valence-corrected chi connectivity index (χ4v) is 3.05. The highest BCUT2D eigenvalue weighted by molar-refractivity contribution is 6.11. The molecule has 1 N–H and O–H groups in total. The maximum Gasteiger partial charge on any atom is 0.262 e. The van der Waals surface area contributed by atoms with Gasteiger partial charge in [0.1, 0.15) is 11.6 Å². The Balaban J connectivity index is 1.80. The van der Waals surface area contributed by atoms with E-state index in [0.717, 1.165) is 23.8 Å². The van der Waals surface area contributed by atoms with Crippen molar-refractivity contribution in [1.29, 1.82) is 0 Å². The van der Waals surface area contributed by atoms with E-state index in [-0.39, 0.29) is 11.6 Å². The van der Waals surface area contributed by atoms with E-state index >= 15 is 0 Å². The van der Waals surface area contributed by atoms with Gasteiger partial charge >= 0.3 is 0 Å². The average molecular weight is 351 g/mol. The quantitative estimate of drug-likeness (QED) is 0.759. The fraction of sp³-hybridized carbons (Fsp3) is 0.100. The zero-order valence-electron chi connectivity index (χ0n) is 13.9. The van der Waals surface area contributed by atoms with Crippen molar-refractivity contribution in [3.05, 3.63) is 89.2 Å². The first-order valence-corrected chi connectivity index (χ1v) is 8.11. The second-order valence-corrected chi connectivity index (χ2v) is 6.12. The normalized spacial score (nSPS) is 15.9.